The van der Waals surface area contributed by atoms with Crippen LogP contribution in [-0.4, -0.2) is 37.6 Å². The van der Waals surface area contributed by atoms with Gasteiger partial charge in [0.1, 0.15) is 0 Å². The highest BCUT2D eigenvalue weighted by Crippen LogP contribution is 2.18. The number of rotatable bonds is 6. The zero-order valence-corrected chi connectivity index (χ0v) is 15.5. The van der Waals surface area contributed by atoms with E-state index in [-0.39, 0.29) is 16.4 Å². The fraction of sp³-hybridized carbons (Fsp3) is 0.188. The summed E-state index contributed by atoms with van der Waals surface area (Å²) in [6, 6.07) is 8.88. The number of benzene rings is 1. The van der Waals surface area contributed by atoms with Gasteiger partial charge in [-0.05, 0) is 37.3 Å². The van der Waals surface area contributed by atoms with E-state index in [0.717, 1.165) is 6.26 Å². The number of nitrogens with zero attached hydrogens (tertiary/aromatic N) is 1. The minimum atomic E-state index is -3.48. The van der Waals surface area contributed by atoms with Crippen molar-refractivity contribution in [2.24, 2.45) is 0 Å². The van der Waals surface area contributed by atoms with Crippen molar-refractivity contribution in [2.45, 2.75) is 13.0 Å². The number of halogens is 1. The lowest BCUT2D eigenvalue weighted by Gasteiger charge is -2.14. The van der Waals surface area contributed by atoms with Gasteiger partial charge in [0.15, 0.2) is 11.3 Å². The van der Waals surface area contributed by atoms with Crippen LogP contribution in [-0.2, 0) is 19.6 Å². The van der Waals surface area contributed by atoms with E-state index in [2.05, 4.69) is 15.0 Å². The highest BCUT2D eigenvalue weighted by Gasteiger charge is 2.20. The molecule has 1 unspecified atom stereocenters. The van der Waals surface area contributed by atoms with Crippen molar-refractivity contribution < 1.29 is 22.7 Å². The first-order chi connectivity index (χ1) is 12.2. The topological polar surface area (TPSA) is 114 Å². The highest BCUT2D eigenvalue weighted by molar-refractivity contribution is 7.92. The van der Waals surface area contributed by atoms with Crippen LogP contribution in [0.1, 0.15) is 17.3 Å². The Morgan fingerprint density at radius 1 is 1.23 bits per heavy atom. The number of nitrogens with one attached hydrogen (secondary N) is 2. The molecule has 1 atom stereocenters. The lowest BCUT2D eigenvalue weighted by Crippen LogP contribution is -2.30. The smallest absolute Gasteiger partial charge is 0.338 e. The van der Waals surface area contributed by atoms with E-state index >= 15 is 0 Å². The van der Waals surface area contributed by atoms with Gasteiger partial charge in [-0.25, -0.2) is 18.2 Å². The van der Waals surface area contributed by atoms with Crippen molar-refractivity contribution in [3.8, 4) is 0 Å². The fourth-order valence-corrected chi connectivity index (χ4v) is 2.64. The Bertz CT molecular complexity index is 933. The first kappa shape index (κ1) is 19.7. The number of pyridine rings is 1. The van der Waals surface area contributed by atoms with Gasteiger partial charge in [-0.15, -0.1) is 0 Å². The van der Waals surface area contributed by atoms with Gasteiger partial charge in [0, 0.05) is 11.9 Å². The number of aromatic nitrogens is 1. The number of ether oxygens (including phenoxy) is 1. The summed E-state index contributed by atoms with van der Waals surface area (Å²) in [6.07, 6.45) is 1.36. The molecule has 0 fully saturated rings. The maximum absolute atomic E-state index is 12.2. The van der Waals surface area contributed by atoms with E-state index in [1.54, 1.807) is 12.1 Å². The van der Waals surface area contributed by atoms with E-state index in [0.29, 0.717) is 5.69 Å². The molecule has 138 valence electrons. The van der Waals surface area contributed by atoms with Crippen LogP contribution in [0.25, 0.3) is 0 Å². The Morgan fingerprint density at radius 3 is 2.62 bits per heavy atom. The molecule has 1 heterocycles. The number of carbonyl (C=O) groups excluding carboxylic acids is 2. The third kappa shape index (κ3) is 5.71. The molecular formula is C16H16ClN3O5S. The van der Waals surface area contributed by atoms with Gasteiger partial charge in [0.2, 0.25) is 10.0 Å². The molecule has 0 aliphatic heterocycles. The van der Waals surface area contributed by atoms with Crippen LogP contribution in [0.5, 0.6) is 0 Å². The second kappa shape index (κ2) is 8.15. The van der Waals surface area contributed by atoms with E-state index < -0.39 is 28.0 Å². The minimum Gasteiger partial charge on any atom is -0.449 e. The summed E-state index contributed by atoms with van der Waals surface area (Å²) < 4.78 is 29.9. The predicted octanol–water partition coefficient (Wildman–Crippen LogP) is 2.29. The number of sulfonamides is 1. The van der Waals surface area contributed by atoms with Crippen molar-refractivity contribution in [1.29, 1.82) is 0 Å². The maximum atomic E-state index is 12.2. The molecule has 0 bridgehead atoms. The normalized spacial score (nSPS) is 12.1. The molecule has 0 radical (unpaired) electrons. The lowest BCUT2D eigenvalue weighted by molar-refractivity contribution is -0.123. The molecule has 0 saturated carbocycles. The average Bonchev–Trinajstić information content (AvgIpc) is 2.55. The molecule has 1 amide bonds. The zero-order chi connectivity index (χ0) is 19.3. The highest BCUT2D eigenvalue weighted by atomic mass is 35.5. The number of carbonyl (C=O) groups is 2. The molecule has 0 aliphatic carbocycles. The van der Waals surface area contributed by atoms with Gasteiger partial charge in [-0.2, -0.15) is 0 Å². The largest absolute Gasteiger partial charge is 0.449 e. The second-order valence-corrected chi connectivity index (χ2v) is 7.44. The fourth-order valence-electron chi connectivity index (χ4n) is 1.92. The first-order valence-electron chi connectivity index (χ1n) is 7.36. The van der Waals surface area contributed by atoms with Crippen molar-refractivity contribution in [2.75, 3.05) is 16.3 Å². The molecule has 0 aliphatic rings. The standard InChI is InChI=1S/C16H16ClN3O5S/c1-10(15(21)19-13-7-4-8-18-14(13)17)25-16(22)11-5-3-6-12(9-11)20-26(2,23)24/h3-10,20H,1-2H3,(H,19,21). The first-order valence-corrected chi connectivity index (χ1v) is 9.63. The molecule has 1 aromatic carbocycles. The summed E-state index contributed by atoms with van der Waals surface area (Å²) in [6.45, 7) is 1.40. The number of amides is 1. The molecule has 0 saturated heterocycles. The number of esters is 1. The Hall–Kier alpha value is -2.65. The third-order valence-electron chi connectivity index (χ3n) is 3.07. The molecule has 0 spiro atoms. The monoisotopic (exact) mass is 397 g/mol. The summed E-state index contributed by atoms with van der Waals surface area (Å²) in [5, 5.41) is 2.62. The Kier molecular flexibility index (Phi) is 6.17. The van der Waals surface area contributed by atoms with Crippen molar-refractivity contribution >= 4 is 44.9 Å². The van der Waals surface area contributed by atoms with Crippen LogP contribution in [0, 0.1) is 0 Å². The maximum Gasteiger partial charge on any atom is 0.338 e. The summed E-state index contributed by atoms with van der Waals surface area (Å²) in [5.41, 5.74) is 0.598. The van der Waals surface area contributed by atoms with Gasteiger partial charge in [-0.3, -0.25) is 9.52 Å². The van der Waals surface area contributed by atoms with E-state index in [4.69, 9.17) is 16.3 Å². The van der Waals surface area contributed by atoms with Gasteiger partial charge in [0.05, 0.1) is 17.5 Å². The van der Waals surface area contributed by atoms with E-state index in [1.165, 1.54) is 37.4 Å². The molecule has 2 N–H and O–H groups in total. The van der Waals surface area contributed by atoms with E-state index in [9.17, 15) is 18.0 Å². The SMILES string of the molecule is CC(OC(=O)c1cccc(NS(C)(=O)=O)c1)C(=O)Nc1cccnc1Cl. The van der Waals surface area contributed by atoms with Crippen molar-refractivity contribution in [3.05, 3.63) is 53.3 Å². The van der Waals surface area contributed by atoms with Crippen molar-refractivity contribution in [3.63, 3.8) is 0 Å². The number of hydrogen-bond acceptors (Lipinski definition) is 6. The average molecular weight is 398 g/mol. The predicted molar refractivity (Wildman–Crippen MR) is 97.7 cm³/mol. The quantitative estimate of drug-likeness (QED) is 0.571. The molecule has 26 heavy (non-hydrogen) atoms. The van der Waals surface area contributed by atoms with Crippen LogP contribution in [0.2, 0.25) is 5.15 Å². The molecular weight excluding hydrogens is 382 g/mol. The van der Waals surface area contributed by atoms with Crippen LogP contribution >= 0.6 is 11.6 Å². The van der Waals surface area contributed by atoms with Crippen LogP contribution in [0.4, 0.5) is 11.4 Å². The Morgan fingerprint density at radius 2 is 1.96 bits per heavy atom. The van der Waals surface area contributed by atoms with E-state index in [1.807, 2.05) is 0 Å². The third-order valence-corrected chi connectivity index (χ3v) is 3.98. The molecule has 2 aromatic rings. The lowest BCUT2D eigenvalue weighted by atomic mass is 10.2. The molecule has 8 nitrogen and oxygen atoms in total. The zero-order valence-electron chi connectivity index (χ0n) is 13.9. The Balaban J connectivity index is 2.03. The van der Waals surface area contributed by atoms with Gasteiger partial charge in [-0.1, -0.05) is 17.7 Å². The van der Waals surface area contributed by atoms with Crippen LogP contribution in [0.15, 0.2) is 42.6 Å². The molecule has 1 aromatic heterocycles. The van der Waals surface area contributed by atoms with Crippen LogP contribution < -0.4 is 10.0 Å². The number of hydrogen-bond donors (Lipinski definition) is 2. The van der Waals surface area contributed by atoms with Gasteiger partial charge >= 0.3 is 5.97 Å². The second-order valence-electron chi connectivity index (χ2n) is 5.33. The minimum absolute atomic E-state index is 0.0951. The summed E-state index contributed by atoms with van der Waals surface area (Å²) in [7, 11) is -3.48. The summed E-state index contributed by atoms with van der Waals surface area (Å²) >= 11 is 5.86. The van der Waals surface area contributed by atoms with Crippen molar-refractivity contribution in [1.82, 2.24) is 4.98 Å². The summed E-state index contributed by atoms with van der Waals surface area (Å²) in [4.78, 5) is 28.1. The Labute approximate surface area is 155 Å². The van der Waals surface area contributed by atoms with Gasteiger partial charge in [0.25, 0.3) is 5.91 Å². The number of anilines is 2. The molecule has 10 heteroatoms. The van der Waals surface area contributed by atoms with Gasteiger partial charge < -0.3 is 10.1 Å². The van der Waals surface area contributed by atoms with Crippen LogP contribution in [0.3, 0.4) is 0 Å². The summed E-state index contributed by atoms with van der Waals surface area (Å²) in [5.74, 6) is -1.36. The molecule has 2 rings (SSSR count).